The van der Waals surface area contributed by atoms with E-state index >= 15 is 0 Å². The van der Waals surface area contributed by atoms with Gasteiger partial charge in [-0.2, -0.15) is 0 Å². The lowest BCUT2D eigenvalue weighted by atomic mass is 9.44. The first kappa shape index (κ1) is 32.2. The molecule has 8 nitrogen and oxygen atoms in total. The fourth-order valence-corrected chi connectivity index (χ4v) is 12.0. The second-order valence-corrected chi connectivity index (χ2v) is 16.7. The van der Waals surface area contributed by atoms with Crippen LogP contribution in [0.4, 0.5) is 0 Å². The third-order valence-electron chi connectivity index (χ3n) is 14.8. The molecule has 6 aliphatic rings. The number of nitrogens with zero attached hydrogens (tertiary/aromatic N) is 4. The summed E-state index contributed by atoms with van der Waals surface area (Å²) in [4.78, 5) is 38.2. The molecule has 6 fully saturated rings. The van der Waals surface area contributed by atoms with Gasteiger partial charge in [-0.05, 0) is 105 Å². The Hall–Kier alpha value is -2.99. The molecule has 1 unspecified atom stereocenters. The Morgan fingerprint density at radius 2 is 1.75 bits per heavy atom. The average molecular weight is 653 g/mol. The molecule has 0 radical (unpaired) electrons. The van der Waals surface area contributed by atoms with Gasteiger partial charge in [0, 0.05) is 55.8 Å². The standard InChI is InChI=1S/C40H52N4O4/c1-4-40(48)16-14-31-29-12-11-28-23-35(45)34(24-38(28,2)30(29)13-15-39(31,40)3)42-18-20-43(21-19-42)37(47)33-10-7-17-44(33)36(46)27-22-26-8-5-6-9-32(26)41-25-27/h1,5-6,8-9,22,25,28-31,33-35,45,48H,7,10-21,23-24H2,2-3H3/t28?,29-,30+,31+,33+,34+,35+,38+,39+,40+/m1/s1. The number of carbonyl (C=O) groups is 2. The molecule has 8 heteroatoms. The van der Waals surface area contributed by atoms with Crippen molar-refractivity contribution in [1.82, 2.24) is 19.7 Å². The van der Waals surface area contributed by atoms with Gasteiger partial charge in [-0.1, -0.05) is 38.0 Å². The normalized spacial score (nSPS) is 41.4. The first-order valence-corrected chi connectivity index (χ1v) is 18.6. The van der Waals surface area contributed by atoms with Crippen LogP contribution in [0.3, 0.4) is 0 Å². The summed E-state index contributed by atoms with van der Waals surface area (Å²) in [5, 5.41) is 23.9. The van der Waals surface area contributed by atoms with E-state index in [9.17, 15) is 19.8 Å². The van der Waals surface area contributed by atoms with Gasteiger partial charge < -0.3 is 20.0 Å². The third kappa shape index (κ3) is 4.86. The van der Waals surface area contributed by atoms with Crippen LogP contribution in [0.25, 0.3) is 10.9 Å². The quantitative estimate of drug-likeness (QED) is 0.466. The van der Waals surface area contributed by atoms with Crippen LogP contribution in [0.15, 0.2) is 36.5 Å². The Bertz CT molecular complexity index is 1630. The molecule has 0 spiro atoms. The lowest BCUT2D eigenvalue weighted by Gasteiger charge is -2.63. The smallest absolute Gasteiger partial charge is 0.256 e. The van der Waals surface area contributed by atoms with Crippen molar-refractivity contribution in [1.29, 1.82) is 0 Å². The van der Waals surface area contributed by atoms with Gasteiger partial charge >= 0.3 is 0 Å². The van der Waals surface area contributed by atoms with Gasteiger partial charge in [0.25, 0.3) is 5.91 Å². The SMILES string of the molecule is C#C[C@]1(O)CC[C@H]2[C@@H]3CCC4C[C@H](O)[C@@H](N5CCN(C(=O)[C@@H]6CCCN6C(=O)c6cnc7ccccc7c6)CC5)C[C@]4(C)[C@H]3CC[C@@]21C. The zero-order valence-corrected chi connectivity index (χ0v) is 28.7. The molecule has 1 aromatic carbocycles. The van der Waals surface area contributed by atoms with Crippen LogP contribution in [0.1, 0.15) is 88.4 Å². The summed E-state index contributed by atoms with van der Waals surface area (Å²) >= 11 is 0. The predicted molar refractivity (Wildman–Crippen MR) is 185 cm³/mol. The molecule has 3 heterocycles. The number of aromatic nitrogens is 1. The Morgan fingerprint density at radius 1 is 0.979 bits per heavy atom. The molecule has 48 heavy (non-hydrogen) atoms. The van der Waals surface area contributed by atoms with Gasteiger partial charge in [0.05, 0.1) is 17.2 Å². The summed E-state index contributed by atoms with van der Waals surface area (Å²) in [5.74, 6) is 4.91. The largest absolute Gasteiger partial charge is 0.391 e. The molecule has 8 rings (SSSR count). The van der Waals surface area contributed by atoms with E-state index in [1.54, 1.807) is 11.1 Å². The van der Waals surface area contributed by atoms with Crippen LogP contribution in [0, 0.1) is 46.8 Å². The maximum atomic E-state index is 13.9. The Morgan fingerprint density at radius 3 is 2.54 bits per heavy atom. The number of fused-ring (bicyclic) bond motifs is 6. The van der Waals surface area contributed by atoms with E-state index in [0.29, 0.717) is 61.7 Å². The summed E-state index contributed by atoms with van der Waals surface area (Å²) in [6.07, 6.45) is 16.7. The Balaban J connectivity index is 0.925. The first-order valence-electron chi connectivity index (χ1n) is 18.6. The van der Waals surface area contributed by atoms with Crippen molar-refractivity contribution in [3.63, 3.8) is 0 Å². The minimum atomic E-state index is -0.987. The minimum Gasteiger partial charge on any atom is -0.391 e. The van der Waals surface area contributed by atoms with E-state index < -0.39 is 11.6 Å². The number of hydrogen-bond acceptors (Lipinski definition) is 6. The second-order valence-electron chi connectivity index (χ2n) is 16.7. The number of piperazine rings is 1. The molecular formula is C40H52N4O4. The monoisotopic (exact) mass is 652 g/mol. The number of pyridine rings is 1. The molecule has 0 bridgehead atoms. The maximum absolute atomic E-state index is 13.9. The van der Waals surface area contributed by atoms with Crippen LogP contribution in [0.5, 0.6) is 0 Å². The molecular weight excluding hydrogens is 600 g/mol. The lowest BCUT2D eigenvalue weighted by molar-refractivity contribution is -0.163. The summed E-state index contributed by atoms with van der Waals surface area (Å²) < 4.78 is 0. The summed E-state index contributed by atoms with van der Waals surface area (Å²) in [6.45, 7) is 8.08. The van der Waals surface area contributed by atoms with Gasteiger partial charge in [0.1, 0.15) is 11.6 Å². The molecule has 4 aliphatic carbocycles. The van der Waals surface area contributed by atoms with E-state index in [2.05, 4.69) is 29.7 Å². The number of terminal acetylenes is 1. The van der Waals surface area contributed by atoms with Crippen molar-refractivity contribution >= 4 is 22.7 Å². The van der Waals surface area contributed by atoms with Crippen molar-refractivity contribution in [3.05, 3.63) is 42.1 Å². The van der Waals surface area contributed by atoms with Crippen molar-refractivity contribution in [2.24, 2.45) is 34.5 Å². The first-order chi connectivity index (χ1) is 23.1. The molecule has 1 aromatic heterocycles. The second kappa shape index (κ2) is 11.8. The van der Waals surface area contributed by atoms with Crippen molar-refractivity contribution < 1.29 is 19.8 Å². The average Bonchev–Trinajstić information content (AvgIpc) is 3.70. The fraction of sp³-hybridized carbons (Fsp3) is 0.675. The van der Waals surface area contributed by atoms with Crippen LogP contribution >= 0.6 is 0 Å². The number of aliphatic hydroxyl groups excluding tert-OH is 1. The van der Waals surface area contributed by atoms with Gasteiger partial charge in [0.2, 0.25) is 5.91 Å². The van der Waals surface area contributed by atoms with Gasteiger partial charge in [-0.15, -0.1) is 6.42 Å². The van der Waals surface area contributed by atoms with Gasteiger partial charge in [-0.3, -0.25) is 19.5 Å². The van der Waals surface area contributed by atoms with Crippen molar-refractivity contribution in [2.45, 2.75) is 102 Å². The molecule has 2 amide bonds. The number of benzene rings is 1. The zero-order chi connectivity index (χ0) is 33.4. The Labute approximate surface area is 285 Å². The van der Waals surface area contributed by atoms with E-state index in [1.165, 1.54) is 6.42 Å². The molecule has 256 valence electrons. The molecule has 2 saturated heterocycles. The third-order valence-corrected chi connectivity index (χ3v) is 14.8. The van der Waals surface area contributed by atoms with Gasteiger partial charge in [0.15, 0.2) is 0 Å². The number of rotatable bonds is 3. The molecule has 2 aliphatic heterocycles. The highest BCUT2D eigenvalue weighted by atomic mass is 16.3. The van der Waals surface area contributed by atoms with Crippen molar-refractivity contribution in [3.8, 4) is 12.3 Å². The Kier molecular flexibility index (Phi) is 7.93. The minimum absolute atomic E-state index is 0.0503. The predicted octanol–water partition coefficient (Wildman–Crippen LogP) is 4.73. The zero-order valence-electron chi connectivity index (χ0n) is 28.7. The number of carbonyl (C=O) groups excluding carboxylic acids is 2. The fourth-order valence-electron chi connectivity index (χ4n) is 12.0. The number of hydrogen-bond donors (Lipinski definition) is 2. The van der Waals surface area contributed by atoms with E-state index in [4.69, 9.17) is 6.42 Å². The molecule has 4 saturated carbocycles. The summed E-state index contributed by atoms with van der Waals surface area (Å²) in [6, 6.07) is 9.31. The van der Waals surface area contributed by atoms with Crippen LogP contribution in [-0.2, 0) is 4.79 Å². The van der Waals surface area contributed by atoms with E-state index in [-0.39, 0.29) is 34.8 Å². The number of likely N-dealkylation sites (tertiary alicyclic amines) is 1. The number of para-hydroxylation sites is 1. The molecule has 2 aromatic rings. The summed E-state index contributed by atoms with van der Waals surface area (Å²) in [5.41, 5.74) is 0.349. The molecule has 10 atom stereocenters. The lowest BCUT2D eigenvalue weighted by Crippen LogP contribution is -2.63. The number of aliphatic hydroxyl groups is 2. The summed E-state index contributed by atoms with van der Waals surface area (Å²) in [7, 11) is 0. The van der Waals surface area contributed by atoms with Crippen LogP contribution in [0.2, 0.25) is 0 Å². The van der Waals surface area contributed by atoms with Crippen LogP contribution < -0.4 is 0 Å². The van der Waals surface area contributed by atoms with Crippen LogP contribution in [-0.4, -0.2) is 98.2 Å². The number of amides is 2. The van der Waals surface area contributed by atoms with Gasteiger partial charge in [-0.25, -0.2) is 0 Å². The topological polar surface area (TPSA) is 97.2 Å². The maximum Gasteiger partial charge on any atom is 0.256 e. The highest BCUT2D eigenvalue weighted by Gasteiger charge is 2.65. The highest BCUT2D eigenvalue weighted by molar-refractivity contribution is 6.00. The van der Waals surface area contributed by atoms with E-state index in [0.717, 1.165) is 68.9 Å². The highest BCUT2D eigenvalue weighted by Crippen LogP contribution is 2.68. The van der Waals surface area contributed by atoms with E-state index in [1.807, 2.05) is 35.2 Å². The molecule has 2 N–H and O–H groups in total. The van der Waals surface area contributed by atoms with Crippen molar-refractivity contribution in [2.75, 3.05) is 32.7 Å².